The van der Waals surface area contributed by atoms with Crippen LogP contribution in [0.3, 0.4) is 0 Å². The first kappa shape index (κ1) is 18.5. The number of hydrogen-bond donors (Lipinski definition) is 1. The van der Waals surface area contributed by atoms with E-state index in [9.17, 15) is 4.39 Å². The standard InChI is InChI=1S/C30H21FN2/c1-18-10-13-27-24(14-18)22-8-5-9-26-29(22)25(17-32-26)30-23-16-21(31)12-11-20(23)15-28(33(27)30)19-6-3-2-4-7-19/h2-17,30,32H,1H3. The molecule has 1 unspecified atom stereocenters. The van der Waals surface area contributed by atoms with Gasteiger partial charge >= 0.3 is 0 Å². The average Bonchev–Trinajstić information content (AvgIpc) is 3.22. The van der Waals surface area contributed by atoms with E-state index >= 15 is 0 Å². The van der Waals surface area contributed by atoms with E-state index in [0.717, 1.165) is 33.6 Å². The summed E-state index contributed by atoms with van der Waals surface area (Å²) in [5.41, 5.74) is 11.3. The second-order valence-corrected chi connectivity index (χ2v) is 8.93. The highest BCUT2D eigenvalue weighted by atomic mass is 19.1. The van der Waals surface area contributed by atoms with E-state index in [4.69, 9.17) is 0 Å². The number of halogens is 1. The number of aromatic nitrogens is 1. The number of hydrogen-bond acceptors (Lipinski definition) is 1. The van der Waals surface area contributed by atoms with Crippen LogP contribution >= 0.6 is 0 Å². The molecular formula is C30H21FN2. The van der Waals surface area contributed by atoms with E-state index in [1.807, 2.05) is 12.1 Å². The van der Waals surface area contributed by atoms with Crippen molar-refractivity contribution in [2.24, 2.45) is 0 Å². The highest BCUT2D eigenvalue weighted by molar-refractivity contribution is 6.07. The van der Waals surface area contributed by atoms with Crippen LogP contribution in [0.5, 0.6) is 0 Å². The third kappa shape index (κ3) is 2.59. The quantitative estimate of drug-likeness (QED) is 0.290. The molecule has 158 valence electrons. The summed E-state index contributed by atoms with van der Waals surface area (Å²) >= 11 is 0. The van der Waals surface area contributed by atoms with Crippen LogP contribution in [-0.2, 0) is 0 Å². The summed E-state index contributed by atoms with van der Waals surface area (Å²) in [6, 6.07) is 28.6. The zero-order valence-electron chi connectivity index (χ0n) is 18.1. The number of aromatic amines is 1. The lowest BCUT2D eigenvalue weighted by atomic mass is 9.87. The second-order valence-electron chi connectivity index (χ2n) is 8.93. The molecule has 2 aliphatic rings. The van der Waals surface area contributed by atoms with Crippen LogP contribution in [0.15, 0.2) is 91.1 Å². The molecular weight excluding hydrogens is 407 g/mol. The van der Waals surface area contributed by atoms with Crippen LogP contribution < -0.4 is 4.90 Å². The number of nitrogens with zero attached hydrogens (tertiary/aromatic N) is 1. The second kappa shape index (κ2) is 6.69. The lowest BCUT2D eigenvalue weighted by Crippen LogP contribution is -2.31. The number of aryl methyl sites for hydroxylation is 1. The van der Waals surface area contributed by atoms with Crippen LogP contribution in [0.2, 0.25) is 0 Å². The van der Waals surface area contributed by atoms with Crippen molar-refractivity contribution in [3.8, 4) is 11.1 Å². The van der Waals surface area contributed by atoms with Gasteiger partial charge in [-0.3, -0.25) is 0 Å². The Morgan fingerprint density at radius 2 is 1.70 bits per heavy atom. The van der Waals surface area contributed by atoms with Gasteiger partial charge in [-0.15, -0.1) is 0 Å². The SMILES string of the molecule is Cc1ccc2c(c1)-c1cccc3[nH]cc(c13)C1c3cc(F)ccc3C=C(c3ccccc3)N21. The van der Waals surface area contributed by atoms with Crippen LogP contribution in [0.25, 0.3) is 33.8 Å². The minimum atomic E-state index is -0.210. The Bertz CT molecular complexity index is 1590. The van der Waals surface area contributed by atoms with Crippen molar-refractivity contribution in [2.75, 3.05) is 4.90 Å². The summed E-state index contributed by atoms with van der Waals surface area (Å²) in [5, 5.41) is 1.21. The van der Waals surface area contributed by atoms with Crippen LogP contribution in [0.1, 0.15) is 33.9 Å². The van der Waals surface area contributed by atoms with Crippen molar-refractivity contribution < 1.29 is 4.39 Å². The van der Waals surface area contributed by atoms with Gasteiger partial charge in [0.15, 0.2) is 0 Å². The van der Waals surface area contributed by atoms with Gasteiger partial charge in [-0.05, 0) is 65.6 Å². The molecule has 0 bridgehead atoms. The van der Waals surface area contributed by atoms with Gasteiger partial charge in [0.25, 0.3) is 0 Å². The Hall–Kier alpha value is -4.11. The van der Waals surface area contributed by atoms with E-state index in [1.54, 1.807) is 12.1 Å². The van der Waals surface area contributed by atoms with Crippen molar-refractivity contribution >= 4 is 28.4 Å². The van der Waals surface area contributed by atoms with Gasteiger partial charge in [0, 0.05) is 39.6 Å². The van der Waals surface area contributed by atoms with Gasteiger partial charge in [0.05, 0.1) is 6.04 Å². The van der Waals surface area contributed by atoms with Gasteiger partial charge < -0.3 is 9.88 Å². The molecule has 0 radical (unpaired) electrons. The van der Waals surface area contributed by atoms with Crippen LogP contribution in [0.4, 0.5) is 10.1 Å². The molecule has 0 fully saturated rings. The van der Waals surface area contributed by atoms with Gasteiger partial charge in [0.2, 0.25) is 0 Å². The Balaban J connectivity index is 1.65. The Morgan fingerprint density at radius 1 is 0.818 bits per heavy atom. The first-order valence-electron chi connectivity index (χ1n) is 11.3. The fourth-order valence-electron chi connectivity index (χ4n) is 5.54. The molecule has 1 atom stereocenters. The molecule has 3 heterocycles. The molecule has 3 heteroatoms. The normalized spacial score (nSPS) is 16.0. The van der Waals surface area contributed by atoms with Gasteiger partial charge in [0.1, 0.15) is 5.82 Å². The Kier molecular flexibility index (Phi) is 3.74. The van der Waals surface area contributed by atoms with Crippen LogP contribution in [-0.4, -0.2) is 4.98 Å². The van der Waals surface area contributed by atoms with Crippen molar-refractivity contribution in [2.45, 2.75) is 13.0 Å². The first-order valence-corrected chi connectivity index (χ1v) is 11.3. The number of anilines is 1. The summed E-state index contributed by atoms with van der Waals surface area (Å²) in [7, 11) is 0. The molecule has 0 saturated heterocycles. The average molecular weight is 429 g/mol. The maximum atomic E-state index is 14.6. The fraction of sp³-hybridized carbons (Fsp3) is 0.0667. The molecule has 7 rings (SSSR count). The topological polar surface area (TPSA) is 19.0 Å². The predicted molar refractivity (Wildman–Crippen MR) is 134 cm³/mol. The van der Waals surface area contributed by atoms with Crippen molar-refractivity contribution in [1.29, 1.82) is 0 Å². The Labute approximate surface area is 191 Å². The molecule has 1 N–H and O–H groups in total. The van der Waals surface area contributed by atoms with E-state index in [1.165, 1.54) is 27.6 Å². The molecule has 2 nitrogen and oxygen atoms in total. The van der Waals surface area contributed by atoms with E-state index in [-0.39, 0.29) is 11.9 Å². The number of H-pyrrole nitrogens is 1. The molecule has 0 saturated carbocycles. The number of rotatable bonds is 1. The molecule has 0 amide bonds. The predicted octanol–water partition coefficient (Wildman–Crippen LogP) is 7.70. The fourth-order valence-corrected chi connectivity index (χ4v) is 5.54. The molecule has 2 aliphatic heterocycles. The van der Waals surface area contributed by atoms with E-state index in [0.29, 0.717) is 0 Å². The van der Waals surface area contributed by atoms with Crippen molar-refractivity contribution in [1.82, 2.24) is 4.98 Å². The van der Waals surface area contributed by atoms with Gasteiger partial charge in [-0.2, -0.15) is 0 Å². The molecule has 0 aliphatic carbocycles. The highest BCUT2D eigenvalue weighted by Crippen LogP contribution is 2.53. The Morgan fingerprint density at radius 3 is 2.58 bits per heavy atom. The smallest absolute Gasteiger partial charge is 0.123 e. The lowest BCUT2D eigenvalue weighted by molar-refractivity contribution is 0.622. The highest BCUT2D eigenvalue weighted by Gasteiger charge is 2.37. The first-order chi connectivity index (χ1) is 16.2. The maximum absolute atomic E-state index is 14.6. The van der Waals surface area contributed by atoms with Crippen LogP contribution in [0, 0.1) is 12.7 Å². The molecule has 1 aromatic heterocycles. The number of nitrogens with one attached hydrogen (secondary N) is 1. The summed E-state index contributed by atoms with van der Waals surface area (Å²) in [6.45, 7) is 2.13. The minimum Gasteiger partial charge on any atom is -0.361 e. The van der Waals surface area contributed by atoms with E-state index < -0.39 is 0 Å². The summed E-state index contributed by atoms with van der Waals surface area (Å²) in [6.07, 6.45) is 4.30. The maximum Gasteiger partial charge on any atom is 0.123 e. The third-order valence-corrected chi connectivity index (χ3v) is 6.96. The van der Waals surface area contributed by atoms with E-state index in [2.05, 4.69) is 89.7 Å². The molecule has 0 spiro atoms. The molecule has 4 aromatic carbocycles. The number of benzene rings is 4. The van der Waals surface area contributed by atoms with Gasteiger partial charge in [-0.25, -0.2) is 4.39 Å². The zero-order chi connectivity index (χ0) is 22.1. The van der Waals surface area contributed by atoms with Crippen molar-refractivity contribution in [3.05, 3.63) is 125 Å². The largest absolute Gasteiger partial charge is 0.361 e. The molecule has 33 heavy (non-hydrogen) atoms. The molecule has 5 aromatic rings. The van der Waals surface area contributed by atoms with Gasteiger partial charge in [-0.1, -0.05) is 60.2 Å². The number of fused-ring (bicyclic) bond motifs is 7. The lowest BCUT2D eigenvalue weighted by Gasteiger charge is -2.39. The monoisotopic (exact) mass is 428 g/mol. The zero-order valence-corrected chi connectivity index (χ0v) is 18.1. The third-order valence-electron chi connectivity index (χ3n) is 6.96. The summed E-state index contributed by atoms with van der Waals surface area (Å²) < 4.78 is 14.6. The summed E-state index contributed by atoms with van der Waals surface area (Å²) in [5.74, 6) is -0.210. The van der Waals surface area contributed by atoms with Crippen molar-refractivity contribution in [3.63, 3.8) is 0 Å². The summed E-state index contributed by atoms with van der Waals surface area (Å²) in [4.78, 5) is 5.88. The minimum absolute atomic E-state index is 0.144.